The van der Waals surface area contributed by atoms with Crippen LogP contribution in [0.4, 0.5) is 16.2 Å². The third-order valence-electron chi connectivity index (χ3n) is 5.83. The molecule has 3 aromatic rings. The van der Waals surface area contributed by atoms with E-state index in [4.69, 9.17) is 30.5 Å². The molecule has 0 spiro atoms. The Labute approximate surface area is 232 Å². The highest BCUT2D eigenvalue weighted by Gasteiger charge is 2.39. The van der Waals surface area contributed by atoms with Crippen molar-refractivity contribution in [1.82, 2.24) is 5.32 Å². The fraction of sp³-hybridized carbons (Fsp3) is 0.148. The molecule has 12 nitrogen and oxygen atoms in total. The van der Waals surface area contributed by atoms with E-state index in [2.05, 4.69) is 5.32 Å². The average Bonchev–Trinajstić information content (AvgIpc) is 2.94. The van der Waals surface area contributed by atoms with Crippen LogP contribution in [-0.2, 0) is 16.2 Å². The molecule has 1 aliphatic heterocycles. The number of nitro benzene ring substituents is 1. The van der Waals surface area contributed by atoms with E-state index >= 15 is 0 Å². The van der Waals surface area contributed by atoms with Crippen LogP contribution in [-0.4, -0.2) is 44.1 Å². The highest BCUT2D eigenvalue weighted by molar-refractivity contribution is 6.39. The summed E-state index contributed by atoms with van der Waals surface area (Å²) in [6, 6.07) is 12.3. The topological polar surface area (TPSA) is 147 Å². The normalized spacial score (nSPS) is 14.2. The van der Waals surface area contributed by atoms with Crippen LogP contribution < -0.4 is 29.2 Å². The number of hydrogen-bond acceptors (Lipinski definition) is 9. The molecule has 13 heteroatoms. The minimum absolute atomic E-state index is 0.00141. The lowest BCUT2D eigenvalue weighted by Crippen LogP contribution is -2.54. The second-order valence-electron chi connectivity index (χ2n) is 8.24. The van der Waals surface area contributed by atoms with E-state index in [1.54, 1.807) is 18.2 Å². The molecule has 1 N–H and O–H groups in total. The monoisotopic (exact) mass is 567 g/mol. The van der Waals surface area contributed by atoms with Gasteiger partial charge in [-0.05, 0) is 23.8 Å². The Morgan fingerprint density at radius 2 is 1.70 bits per heavy atom. The van der Waals surface area contributed by atoms with Gasteiger partial charge in [0, 0.05) is 35.9 Å². The largest absolute Gasteiger partial charge is 0.497 e. The maximum absolute atomic E-state index is 13.5. The van der Waals surface area contributed by atoms with Crippen molar-refractivity contribution in [3.05, 3.63) is 86.4 Å². The Balaban J connectivity index is 1.72. The number of benzene rings is 3. The summed E-state index contributed by atoms with van der Waals surface area (Å²) in [7, 11) is 4.15. The van der Waals surface area contributed by atoms with Gasteiger partial charge in [-0.1, -0.05) is 23.7 Å². The number of carbonyl (C=O) groups excluding carboxylic acids is 3. The van der Waals surface area contributed by atoms with E-state index in [1.165, 1.54) is 63.8 Å². The molecule has 0 aliphatic carbocycles. The number of ether oxygens (including phenoxy) is 4. The van der Waals surface area contributed by atoms with Crippen molar-refractivity contribution in [2.75, 3.05) is 26.2 Å². The predicted octanol–water partition coefficient (Wildman–Crippen LogP) is 4.52. The average molecular weight is 568 g/mol. The van der Waals surface area contributed by atoms with Gasteiger partial charge in [0.1, 0.15) is 35.2 Å². The van der Waals surface area contributed by atoms with Crippen LogP contribution in [0.15, 0.2) is 60.2 Å². The first-order valence-corrected chi connectivity index (χ1v) is 11.9. The SMILES string of the molecule is COc1ccc(/C=C2\C(=O)NC(=O)N(c3cc(OC)c(Cl)cc3OC)C2=O)c(OCc2cccc([N+](=O)[O-])c2)c1. The van der Waals surface area contributed by atoms with Gasteiger partial charge < -0.3 is 18.9 Å². The van der Waals surface area contributed by atoms with E-state index in [0.717, 1.165) is 4.90 Å². The maximum atomic E-state index is 13.5. The quantitative estimate of drug-likeness (QED) is 0.170. The minimum atomic E-state index is -0.994. The summed E-state index contributed by atoms with van der Waals surface area (Å²) in [5.74, 6) is -0.956. The van der Waals surface area contributed by atoms with Crippen molar-refractivity contribution >= 4 is 46.9 Å². The third-order valence-corrected chi connectivity index (χ3v) is 6.13. The summed E-state index contributed by atoms with van der Waals surface area (Å²) >= 11 is 6.16. The molecule has 1 heterocycles. The molecule has 0 unspecified atom stereocenters. The van der Waals surface area contributed by atoms with Gasteiger partial charge >= 0.3 is 6.03 Å². The molecule has 40 heavy (non-hydrogen) atoms. The molecule has 206 valence electrons. The summed E-state index contributed by atoms with van der Waals surface area (Å²) < 4.78 is 21.7. The van der Waals surface area contributed by atoms with Gasteiger partial charge in [-0.3, -0.25) is 25.0 Å². The summed E-state index contributed by atoms with van der Waals surface area (Å²) in [5.41, 5.74) is 0.349. The van der Waals surface area contributed by atoms with Crippen LogP contribution in [0.25, 0.3) is 6.08 Å². The number of nitrogens with zero attached hydrogens (tertiary/aromatic N) is 2. The van der Waals surface area contributed by atoms with Crippen LogP contribution in [0, 0.1) is 10.1 Å². The van der Waals surface area contributed by atoms with Gasteiger partial charge in [0.25, 0.3) is 17.5 Å². The fourth-order valence-corrected chi connectivity index (χ4v) is 4.09. The molecule has 4 amide bonds. The number of anilines is 1. The molecular weight excluding hydrogens is 546 g/mol. The summed E-state index contributed by atoms with van der Waals surface area (Å²) in [6.45, 7) is -0.0580. The number of nitro groups is 1. The van der Waals surface area contributed by atoms with Crippen LogP contribution in [0.5, 0.6) is 23.0 Å². The molecule has 1 aliphatic rings. The standard InChI is InChI=1S/C27H22ClN3O9/c1-37-18-8-7-16(22(11-18)40-14-15-5-4-6-17(9-15)31(35)36)10-19-25(32)29-27(34)30(26(19)33)21-13-23(38-2)20(28)12-24(21)39-3/h4-13H,14H2,1-3H3,(H,29,32,34)/b19-10+. The molecule has 0 saturated carbocycles. The first kappa shape index (κ1) is 27.9. The van der Waals surface area contributed by atoms with Crippen molar-refractivity contribution < 1.29 is 38.3 Å². The van der Waals surface area contributed by atoms with Gasteiger partial charge in [-0.2, -0.15) is 0 Å². The number of urea groups is 1. The Morgan fingerprint density at radius 3 is 2.38 bits per heavy atom. The number of barbiturate groups is 1. The number of rotatable bonds is 9. The van der Waals surface area contributed by atoms with Crippen molar-refractivity contribution in [3.63, 3.8) is 0 Å². The van der Waals surface area contributed by atoms with E-state index in [0.29, 0.717) is 16.9 Å². The Hall–Kier alpha value is -5.10. The molecule has 1 fully saturated rings. The Kier molecular flexibility index (Phi) is 8.20. The van der Waals surface area contributed by atoms with Crippen LogP contribution in [0.3, 0.4) is 0 Å². The van der Waals surface area contributed by atoms with Crippen LogP contribution >= 0.6 is 11.6 Å². The number of non-ortho nitro benzene ring substituents is 1. The minimum Gasteiger partial charge on any atom is -0.497 e. The van der Waals surface area contributed by atoms with Crippen LogP contribution in [0.2, 0.25) is 5.02 Å². The van der Waals surface area contributed by atoms with Crippen molar-refractivity contribution in [1.29, 1.82) is 0 Å². The number of carbonyl (C=O) groups is 3. The van der Waals surface area contributed by atoms with Gasteiger partial charge in [-0.15, -0.1) is 0 Å². The number of amides is 4. The van der Waals surface area contributed by atoms with Gasteiger partial charge in [0.15, 0.2) is 0 Å². The summed E-state index contributed by atoms with van der Waals surface area (Å²) in [5, 5.41) is 13.4. The first-order valence-electron chi connectivity index (χ1n) is 11.5. The number of hydrogen-bond donors (Lipinski definition) is 1. The zero-order chi connectivity index (χ0) is 29.0. The van der Waals surface area contributed by atoms with E-state index in [9.17, 15) is 24.5 Å². The zero-order valence-corrected chi connectivity index (χ0v) is 22.2. The Morgan fingerprint density at radius 1 is 0.950 bits per heavy atom. The highest BCUT2D eigenvalue weighted by Crippen LogP contribution is 2.39. The van der Waals surface area contributed by atoms with E-state index in [1.807, 2.05) is 0 Å². The van der Waals surface area contributed by atoms with Gasteiger partial charge in [-0.25, -0.2) is 9.69 Å². The highest BCUT2D eigenvalue weighted by atomic mass is 35.5. The lowest BCUT2D eigenvalue weighted by molar-refractivity contribution is -0.384. The van der Waals surface area contributed by atoms with Crippen molar-refractivity contribution in [3.8, 4) is 23.0 Å². The lowest BCUT2D eigenvalue weighted by atomic mass is 10.1. The molecule has 0 radical (unpaired) electrons. The maximum Gasteiger partial charge on any atom is 0.336 e. The molecule has 0 bridgehead atoms. The van der Waals surface area contributed by atoms with E-state index < -0.39 is 22.8 Å². The van der Waals surface area contributed by atoms with Crippen molar-refractivity contribution in [2.24, 2.45) is 0 Å². The molecule has 0 aromatic heterocycles. The Bertz CT molecular complexity index is 1550. The number of nitrogens with one attached hydrogen (secondary N) is 1. The van der Waals surface area contributed by atoms with E-state index in [-0.39, 0.29) is 45.8 Å². The molecule has 4 rings (SSSR count). The van der Waals surface area contributed by atoms with Gasteiger partial charge in [0.2, 0.25) is 0 Å². The fourth-order valence-electron chi connectivity index (χ4n) is 3.86. The molecule has 0 atom stereocenters. The lowest BCUT2D eigenvalue weighted by Gasteiger charge is -2.28. The molecule has 1 saturated heterocycles. The summed E-state index contributed by atoms with van der Waals surface area (Å²) in [4.78, 5) is 50.4. The second kappa shape index (κ2) is 11.7. The molecule has 3 aromatic carbocycles. The number of imide groups is 2. The zero-order valence-electron chi connectivity index (χ0n) is 21.4. The smallest absolute Gasteiger partial charge is 0.336 e. The third kappa shape index (κ3) is 5.66. The summed E-state index contributed by atoms with van der Waals surface area (Å²) in [6.07, 6.45) is 1.26. The number of methoxy groups -OCH3 is 3. The predicted molar refractivity (Wildman–Crippen MR) is 144 cm³/mol. The number of halogens is 1. The van der Waals surface area contributed by atoms with Crippen LogP contribution in [0.1, 0.15) is 11.1 Å². The van der Waals surface area contributed by atoms with Crippen molar-refractivity contribution in [2.45, 2.75) is 6.61 Å². The van der Waals surface area contributed by atoms with Gasteiger partial charge in [0.05, 0.1) is 37.0 Å². The first-order chi connectivity index (χ1) is 19.2. The second-order valence-corrected chi connectivity index (χ2v) is 8.64. The molecular formula is C27H22ClN3O9.